The van der Waals surface area contributed by atoms with Gasteiger partial charge in [0.15, 0.2) is 0 Å². The first-order chi connectivity index (χ1) is 6.81. The maximum atomic E-state index is 12.3. The van der Waals surface area contributed by atoms with E-state index in [0.29, 0.717) is 6.07 Å². The van der Waals surface area contributed by atoms with Crippen molar-refractivity contribution in [2.45, 2.75) is 4.90 Å². The van der Waals surface area contributed by atoms with Crippen molar-refractivity contribution in [2.75, 3.05) is 0 Å². The van der Waals surface area contributed by atoms with E-state index < -0.39 is 25.7 Å². The summed E-state index contributed by atoms with van der Waals surface area (Å²) in [6, 6.07) is 0.409. The molecule has 92 valence electrons. The van der Waals surface area contributed by atoms with E-state index in [1.165, 1.54) is 0 Å². The summed E-state index contributed by atoms with van der Waals surface area (Å²) < 4.78 is 61.4. The minimum atomic E-state index is -9.87. The van der Waals surface area contributed by atoms with E-state index in [4.69, 9.17) is 0 Å². The van der Waals surface area contributed by atoms with Crippen LogP contribution in [0.4, 0.5) is 30.8 Å². The lowest BCUT2D eigenvalue weighted by Crippen LogP contribution is -2.40. The fraction of sp³-hybridized carbons (Fsp3) is 0. The van der Waals surface area contributed by atoms with Gasteiger partial charge in [-0.05, 0) is 6.07 Å². The van der Waals surface area contributed by atoms with Crippen molar-refractivity contribution in [3.8, 4) is 0 Å². The van der Waals surface area contributed by atoms with Gasteiger partial charge in [-0.2, -0.15) is 0 Å². The fourth-order valence-corrected chi connectivity index (χ4v) is 1.61. The number of rotatable bonds is 2. The summed E-state index contributed by atoms with van der Waals surface area (Å²) in [6.45, 7) is 0. The zero-order valence-corrected chi connectivity index (χ0v) is 8.32. The van der Waals surface area contributed by atoms with Crippen LogP contribution in [0.1, 0.15) is 0 Å². The molecule has 0 fully saturated rings. The molecule has 0 aliphatic heterocycles. The van der Waals surface area contributed by atoms with Crippen LogP contribution >= 0.6 is 10.2 Å². The maximum absolute atomic E-state index is 12.3. The van der Waals surface area contributed by atoms with Gasteiger partial charge in [0.1, 0.15) is 4.90 Å². The summed E-state index contributed by atoms with van der Waals surface area (Å²) in [4.78, 5) is 6.78. The monoisotopic (exact) mass is 265 g/mol. The normalized spacial score (nSPS) is 16.4. The predicted molar refractivity (Wildman–Crippen MR) is 47.0 cm³/mol. The van der Waals surface area contributed by atoms with Crippen molar-refractivity contribution in [3.05, 3.63) is 28.3 Å². The standard InChI is InChI=1S/C6H5F5N2O2S/c7-16(8,9,10,11)4-1-2-5(12)6(3-4)13(14)15/h1-3H,12H2/p+1. The number of nitro groups is 1. The minimum absolute atomic E-state index is 0.0802. The average Bonchev–Trinajstić information content (AvgIpc) is 1.99. The average molecular weight is 265 g/mol. The number of halogens is 5. The van der Waals surface area contributed by atoms with Crippen molar-refractivity contribution in [1.82, 2.24) is 0 Å². The summed E-state index contributed by atoms with van der Waals surface area (Å²) in [5, 5.41) is 10.3. The van der Waals surface area contributed by atoms with Crippen molar-refractivity contribution in [2.24, 2.45) is 0 Å². The molecule has 16 heavy (non-hydrogen) atoms. The van der Waals surface area contributed by atoms with Crippen LogP contribution in [0.3, 0.4) is 0 Å². The third-order valence-corrected chi connectivity index (χ3v) is 2.84. The molecule has 0 saturated carbocycles. The van der Waals surface area contributed by atoms with E-state index >= 15 is 0 Å². The van der Waals surface area contributed by atoms with Crippen LogP contribution in [0, 0.1) is 10.1 Å². The van der Waals surface area contributed by atoms with Crippen molar-refractivity contribution in [3.63, 3.8) is 0 Å². The first kappa shape index (κ1) is 12.6. The van der Waals surface area contributed by atoms with Crippen molar-refractivity contribution < 1.29 is 30.1 Å². The molecule has 0 radical (unpaired) electrons. The van der Waals surface area contributed by atoms with Gasteiger partial charge >= 0.3 is 15.9 Å². The highest BCUT2D eigenvalue weighted by Gasteiger charge is 2.66. The van der Waals surface area contributed by atoms with Crippen LogP contribution in [0.5, 0.6) is 0 Å². The quantitative estimate of drug-likeness (QED) is 0.507. The number of nitrogens with zero attached hydrogens (tertiary/aromatic N) is 1. The van der Waals surface area contributed by atoms with Crippen LogP contribution in [-0.2, 0) is 0 Å². The molecule has 0 aromatic heterocycles. The van der Waals surface area contributed by atoms with Gasteiger partial charge in [-0.15, -0.1) is 0 Å². The predicted octanol–water partition coefficient (Wildman–Crippen LogP) is 3.13. The lowest BCUT2D eigenvalue weighted by Gasteiger charge is -2.40. The first-order valence-corrected chi connectivity index (χ1v) is 5.61. The second kappa shape index (κ2) is 2.63. The molecule has 0 atom stereocenters. The van der Waals surface area contributed by atoms with Crippen molar-refractivity contribution >= 4 is 21.6 Å². The highest BCUT2D eigenvalue weighted by atomic mass is 32.5. The number of nitro benzene ring substituents is 1. The highest BCUT2D eigenvalue weighted by Crippen LogP contribution is 3.02. The molecular weight excluding hydrogens is 259 g/mol. The van der Waals surface area contributed by atoms with Gasteiger partial charge in [0, 0.05) is 12.1 Å². The van der Waals surface area contributed by atoms with E-state index in [1.54, 1.807) is 0 Å². The van der Waals surface area contributed by atoms with E-state index in [9.17, 15) is 29.5 Å². The summed E-state index contributed by atoms with van der Waals surface area (Å²) >= 11 is 0. The van der Waals surface area contributed by atoms with Gasteiger partial charge in [0.05, 0.1) is 4.92 Å². The topological polar surface area (TPSA) is 70.8 Å². The van der Waals surface area contributed by atoms with E-state index in [2.05, 4.69) is 5.73 Å². The summed E-state index contributed by atoms with van der Waals surface area (Å²) in [5.74, 6) is 0. The van der Waals surface area contributed by atoms with Gasteiger partial charge in [0.2, 0.25) is 5.69 Å². The third kappa shape index (κ3) is 2.58. The molecule has 0 aliphatic rings. The second-order valence-electron chi connectivity index (χ2n) is 3.02. The number of hydrogen-bond acceptors (Lipinski definition) is 2. The van der Waals surface area contributed by atoms with Gasteiger partial charge < -0.3 is 5.73 Å². The van der Waals surface area contributed by atoms with Gasteiger partial charge in [-0.25, -0.2) is 0 Å². The van der Waals surface area contributed by atoms with Crippen LogP contribution in [0.15, 0.2) is 23.1 Å². The second-order valence-corrected chi connectivity index (χ2v) is 5.43. The number of quaternary nitrogens is 1. The lowest BCUT2D eigenvalue weighted by molar-refractivity contribution is -0.395. The van der Waals surface area contributed by atoms with Gasteiger partial charge in [0.25, 0.3) is 0 Å². The third-order valence-electron chi connectivity index (χ3n) is 1.70. The molecule has 0 aliphatic carbocycles. The maximum Gasteiger partial charge on any atom is 0.330 e. The first-order valence-electron chi connectivity index (χ1n) is 3.66. The van der Waals surface area contributed by atoms with Gasteiger partial charge in [-0.3, -0.25) is 10.1 Å². The molecular formula is C6H6F5N2O2S+. The Labute approximate surface area is 85.7 Å². The van der Waals surface area contributed by atoms with E-state index in [-0.39, 0.29) is 17.8 Å². The number of hydrogen-bond donors (Lipinski definition) is 1. The molecule has 0 spiro atoms. The molecule has 0 saturated heterocycles. The Kier molecular flexibility index (Phi) is 2.08. The summed E-state index contributed by atoms with van der Waals surface area (Å²) in [7, 11) is -9.87. The Hall–Kier alpha value is -1.42. The Morgan fingerprint density at radius 2 is 1.69 bits per heavy atom. The largest absolute Gasteiger partial charge is 0.330 e. The summed E-state index contributed by atoms with van der Waals surface area (Å²) in [6.07, 6.45) is 0. The highest BCUT2D eigenvalue weighted by molar-refractivity contribution is 8.45. The molecule has 1 aromatic rings. The van der Waals surface area contributed by atoms with Crippen LogP contribution in [-0.4, -0.2) is 4.92 Å². The van der Waals surface area contributed by atoms with Crippen LogP contribution in [0.25, 0.3) is 0 Å². The van der Waals surface area contributed by atoms with E-state index in [0.717, 1.165) is 0 Å². The zero-order chi connectivity index (χ0) is 12.8. The molecule has 0 bridgehead atoms. The Bertz CT molecular complexity index is 471. The Morgan fingerprint density at radius 1 is 1.19 bits per heavy atom. The number of benzene rings is 1. The van der Waals surface area contributed by atoms with Gasteiger partial charge in [-0.1, -0.05) is 19.4 Å². The molecule has 10 heteroatoms. The minimum Gasteiger partial charge on any atom is -0.319 e. The SMILES string of the molecule is [NH3+]c1ccc(S(F)(F)(F)(F)F)cc1[N+](=O)[O-]. The van der Waals surface area contributed by atoms with Crippen LogP contribution in [0.2, 0.25) is 0 Å². The van der Waals surface area contributed by atoms with Crippen molar-refractivity contribution in [1.29, 1.82) is 0 Å². The molecule has 0 unspecified atom stereocenters. The molecule has 3 N–H and O–H groups in total. The van der Waals surface area contributed by atoms with E-state index in [1.807, 2.05) is 0 Å². The Morgan fingerprint density at radius 3 is 2.06 bits per heavy atom. The molecule has 4 nitrogen and oxygen atoms in total. The fourth-order valence-electron chi connectivity index (χ4n) is 0.954. The summed E-state index contributed by atoms with van der Waals surface area (Å²) in [5.41, 5.74) is 1.61. The smallest absolute Gasteiger partial charge is 0.319 e. The van der Waals surface area contributed by atoms with Crippen LogP contribution < -0.4 is 5.73 Å². The molecule has 1 aromatic carbocycles. The Balaban J connectivity index is 3.54. The molecule has 0 amide bonds. The molecule has 1 rings (SSSR count). The molecule has 0 heterocycles. The zero-order valence-electron chi connectivity index (χ0n) is 7.50. The lowest BCUT2D eigenvalue weighted by atomic mass is 10.3.